The Bertz CT molecular complexity index is 674. The lowest BCUT2D eigenvalue weighted by molar-refractivity contribution is -0.138. The fourth-order valence-electron chi connectivity index (χ4n) is 3.23. The molecule has 1 amide bonds. The van der Waals surface area contributed by atoms with E-state index in [1.54, 1.807) is 18.7 Å². The van der Waals surface area contributed by atoms with Crippen molar-refractivity contribution in [3.63, 3.8) is 0 Å². The topological polar surface area (TPSA) is 93.0 Å². The second-order valence-electron chi connectivity index (χ2n) is 5.86. The highest BCUT2D eigenvalue weighted by atomic mass is 32.2. The van der Waals surface area contributed by atoms with Gasteiger partial charge in [-0.25, -0.2) is 8.42 Å². The summed E-state index contributed by atoms with van der Waals surface area (Å²) >= 11 is 0. The molecule has 23 heavy (non-hydrogen) atoms. The maximum Gasteiger partial charge on any atom is 0.249 e. The Morgan fingerprint density at radius 1 is 1.22 bits per heavy atom. The number of aromatic nitrogens is 1. The van der Waals surface area contributed by atoms with Crippen LogP contribution in [0, 0.1) is 13.8 Å². The van der Waals surface area contributed by atoms with E-state index in [-0.39, 0.29) is 16.6 Å². The highest BCUT2D eigenvalue weighted by Gasteiger charge is 2.43. The summed E-state index contributed by atoms with van der Waals surface area (Å²) in [7, 11) is -3.79. The van der Waals surface area contributed by atoms with Crippen molar-refractivity contribution in [1.82, 2.24) is 14.4 Å². The number of carbonyl (C=O) groups is 1. The van der Waals surface area contributed by atoms with Gasteiger partial charge in [-0.1, -0.05) is 5.16 Å². The number of rotatable bonds is 3. The molecular weight excluding hydrogens is 322 g/mol. The van der Waals surface area contributed by atoms with Crippen LogP contribution in [0.5, 0.6) is 0 Å². The molecule has 0 aliphatic carbocycles. The number of hydrogen-bond acceptors (Lipinski definition) is 6. The summed E-state index contributed by atoms with van der Waals surface area (Å²) in [5, 5.41) is 3.72. The second kappa shape index (κ2) is 6.21. The van der Waals surface area contributed by atoms with Gasteiger partial charge in [0.15, 0.2) is 5.76 Å². The molecule has 0 saturated carbocycles. The van der Waals surface area contributed by atoms with Crippen LogP contribution in [0.15, 0.2) is 9.42 Å². The summed E-state index contributed by atoms with van der Waals surface area (Å²) in [6.07, 6.45) is 1.21. The molecule has 0 spiro atoms. The van der Waals surface area contributed by atoms with Crippen LogP contribution in [0.4, 0.5) is 0 Å². The van der Waals surface area contributed by atoms with Gasteiger partial charge in [-0.15, -0.1) is 0 Å². The van der Waals surface area contributed by atoms with E-state index < -0.39 is 16.1 Å². The molecule has 1 aromatic heterocycles. The highest BCUT2D eigenvalue weighted by molar-refractivity contribution is 7.89. The molecule has 128 valence electrons. The maximum absolute atomic E-state index is 13.0. The zero-order chi connectivity index (χ0) is 16.6. The number of aryl methyl sites for hydroxylation is 2. The molecule has 9 heteroatoms. The third-order valence-corrected chi connectivity index (χ3v) is 6.50. The Morgan fingerprint density at radius 2 is 1.91 bits per heavy atom. The van der Waals surface area contributed by atoms with Crippen LogP contribution in [0.3, 0.4) is 0 Å². The predicted octanol–water partition coefficient (Wildman–Crippen LogP) is 0.303. The minimum atomic E-state index is -3.79. The Hall–Kier alpha value is -1.45. The first-order chi connectivity index (χ1) is 10.9. The van der Waals surface area contributed by atoms with E-state index in [0.29, 0.717) is 51.4 Å². The molecule has 0 radical (unpaired) electrons. The first-order valence-corrected chi connectivity index (χ1v) is 9.18. The van der Waals surface area contributed by atoms with Crippen LogP contribution in [-0.2, 0) is 19.6 Å². The molecular formula is C14H21N3O5S. The average molecular weight is 343 g/mol. The molecule has 0 N–H and O–H groups in total. The summed E-state index contributed by atoms with van der Waals surface area (Å²) in [6.45, 7) is 5.51. The van der Waals surface area contributed by atoms with Gasteiger partial charge in [-0.3, -0.25) is 4.79 Å². The third-order valence-electron chi connectivity index (χ3n) is 4.35. The zero-order valence-electron chi connectivity index (χ0n) is 13.3. The van der Waals surface area contributed by atoms with Crippen molar-refractivity contribution in [3.8, 4) is 0 Å². The summed E-state index contributed by atoms with van der Waals surface area (Å²) in [6, 6.07) is -0.646. The summed E-state index contributed by atoms with van der Waals surface area (Å²) in [4.78, 5) is 14.5. The molecule has 2 aliphatic rings. The molecule has 2 fully saturated rings. The number of hydrogen-bond donors (Lipinski definition) is 0. The monoisotopic (exact) mass is 343 g/mol. The molecule has 0 aromatic carbocycles. The van der Waals surface area contributed by atoms with Crippen LogP contribution >= 0.6 is 0 Å². The van der Waals surface area contributed by atoms with Gasteiger partial charge in [0, 0.05) is 19.6 Å². The van der Waals surface area contributed by atoms with Crippen molar-refractivity contribution < 1.29 is 22.5 Å². The van der Waals surface area contributed by atoms with Gasteiger partial charge in [0.2, 0.25) is 15.9 Å². The first-order valence-electron chi connectivity index (χ1n) is 7.74. The van der Waals surface area contributed by atoms with Crippen LogP contribution in [0.2, 0.25) is 0 Å². The van der Waals surface area contributed by atoms with Crippen molar-refractivity contribution in [2.45, 2.75) is 37.6 Å². The smallest absolute Gasteiger partial charge is 0.249 e. The Balaban J connectivity index is 1.87. The van der Waals surface area contributed by atoms with Crippen LogP contribution < -0.4 is 0 Å². The molecule has 0 bridgehead atoms. The summed E-state index contributed by atoms with van der Waals surface area (Å²) in [5.74, 6) is 0.119. The molecule has 1 atom stereocenters. The van der Waals surface area contributed by atoms with Gasteiger partial charge in [-0.2, -0.15) is 4.31 Å². The molecule has 8 nitrogen and oxygen atoms in total. The van der Waals surface area contributed by atoms with Gasteiger partial charge < -0.3 is 14.2 Å². The number of ether oxygens (including phenoxy) is 1. The van der Waals surface area contributed by atoms with Crippen molar-refractivity contribution in [3.05, 3.63) is 11.5 Å². The lowest BCUT2D eigenvalue weighted by Crippen LogP contribution is -2.51. The van der Waals surface area contributed by atoms with Crippen molar-refractivity contribution in [1.29, 1.82) is 0 Å². The van der Waals surface area contributed by atoms with E-state index in [1.807, 2.05) is 0 Å². The standard InChI is InChI=1S/C14H21N3O5S/c1-10-13(11(2)22-15-10)23(19,20)17-5-3-4-12(17)14(18)16-6-8-21-9-7-16/h12H,3-9H2,1-2H3/t12-/m0/s1. The SMILES string of the molecule is Cc1noc(C)c1S(=O)(=O)N1CCC[C@H]1C(=O)N1CCOCC1. The van der Waals surface area contributed by atoms with E-state index in [9.17, 15) is 13.2 Å². The van der Waals surface area contributed by atoms with Crippen molar-refractivity contribution >= 4 is 15.9 Å². The van der Waals surface area contributed by atoms with E-state index >= 15 is 0 Å². The van der Waals surface area contributed by atoms with Crippen molar-refractivity contribution in [2.24, 2.45) is 0 Å². The van der Waals surface area contributed by atoms with Gasteiger partial charge >= 0.3 is 0 Å². The normalized spacial score (nSPS) is 23.4. The van der Waals surface area contributed by atoms with Crippen LogP contribution in [0.1, 0.15) is 24.3 Å². The average Bonchev–Trinajstić information content (AvgIpc) is 3.15. The Kier molecular flexibility index (Phi) is 4.43. The van der Waals surface area contributed by atoms with Crippen LogP contribution in [0.25, 0.3) is 0 Å². The Morgan fingerprint density at radius 3 is 2.52 bits per heavy atom. The number of nitrogens with zero attached hydrogens (tertiary/aromatic N) is 3. The summed E-state index contributed by atoms with van der Waals surface area (Å²) < 4.78 is 37.5. The molecule has 2 aliphatic heterocycles. The zero-order valence-corrected chi connectivity index (χ0v) is 14.1. The Labute approximate surface area is 135 Å². The maximum atomic E-state index is 13.0. The summed E-state index contributed by atoms with van der Waals surface area (Å²) in [5.41, 5.74) is 0.326. The number of sulfonamides is 1. The molecule has 3 rings (SSSR count). The lowest BCUT2D eigenvalue weighted by atomic mass is 10.2. The molecule has 1 aromatic rings. The molecule has 2 saturated heterocycles. The largest absolute Gasteiger partial charge is 0.378 e. The van der Waals surface area contributed by atoms with Gasteiger partial charge in [0.25, 0.3) is 0 Å². The van der Waals surface area contributed by atoms with E-state index in [4.69, 9.17) is 9.26 Å². The fourth-order valence-corrected chi connectivity index (χ4v) is 5.17. The van der Waals surface area contributed by atoms with Gasteiger partial charge in [-0.05, 0) is 26.7 Å². The first kappa shape index (κ1) is 16.4. The fraction of sp³-hybridized carbons (Fsp3) is 0.714. The van der Waals surface area contributed by atoms with Gasteiger partial charge in [0.05, 0.1) is 13.2 Å². The minimum Gasteiger partial charge on any atom is -0.378 e. The highest BCUT2D eigenvalue weighted by Crippen LogP contribution is 2.30. The van der Waals surface area contributed by atoms with Crippen molar-refractivity contribution in [2.75, 3.05) is 32.8 Å². The number of carbonyl (C=O) groups excluding carboxylic acids is 1. The lowest BCUT2D eigenvalue weighted by Gasteiger charge is -2.32. The predicted molar refractivity (Wildman–Crippen MR) is 80.3 cm³/mol. The quantitative estimate of drug-likeness (QED) is 0.784. The van der Waals surface area contributed by atoms with E-state index in [1.165, 1.54) is 4.31 Å². The molecule has 0 unspecified atom stereocenters. The van der Waals surface area contributed by atoms with Gasteiger partial charge in [0.1, 0.15) is 16.6 Å². The number of morpholine rings is 1. The second-order valence-corrected chi connectivity index (χ2v) is 7.69. The number of amides is 1. The van der Waals surface area contributed by atoms with E-state index in [2.05, 4.69) is 5.16 Å². The minimum absolute atomic E-state index is 0.0826. The van der Waals surface area contributed by atoms with Crippen LogP contribution in [-0.4, -0.2) is 67.6 Å². The molecule has 3 heterocycles. The third kappa shape index (κ3) is 2.88. The van der Waals surface area contributed by atoms with E-state index in [0.717, 1.165) is 0 Å².